The molecule has 10 heteroatoms. The number of hydrogen-bond acceptors (Lipinski definition) is 7. The van der Waals surface area contributed by atoms with Crippen LogP contribution in [0.5, 0.6) is 0 Å². The van der Waals surface area contributed by atoms with Crippen molar-refractivity contribution in [2.24, 2.45) is 0 Å². The van der Waals surface area contributed by atoms with E-state index in [2.05, 4.69) is 25.9 Å². The summed E-state index contributed by atoms with van der Waals surface area (Å²) in [5.74, 6) is 0.237. The molecular formula is C24H25FN6O3. The highest BCUT2D eigenvalue weighted by atomic mass is 19.1. The molecule has 1 aliphatic rings. The van der Waals surface area contributed by atoms with Crippen LogP contribution in [-0.2, 0) is 9.53 Å². The highest BCUT2D eigenvalue weighted by Gasteiger charge is 2.28. The summed E-state index contributed by atoms with van der Waals surface area (Å²) in [4.78, 5) is 35.6. The summed E-state index contributed by atoms with van der Waals surface area (Å²) in [6.45, 7) is 1.24. The lowest BCUT2D eigenvalue weighted by Gasteiger charge is -2.20. The first-order chi connectivity index (χ1) is 16.5. The number of ether oxygens (including phenoxy) is 1. The minimum Gasteiger partial charge on any atom is -0.467 e. The molecule has 0 bridgehead atoms. The molecular weight excluding hydrogens is 439 g/mol. The van der Waals surface area contributed by atoms with Gasteiger partial charge in [0.25, 0.3) is 0 Å². The van der Waals surface area contributed by atoms with Gasteiger partial charge in [-0.3, -0.25) is 0 Å². The fourth-order valence-corrected chi connectivity index (χ4v) is 3.73. The standard InChI is InChI=1S/C24H25FN6O3/c1-34-22(32)21(16-5-3-2-4-6-16)30-24(33)28-19-12-14-31(15-19)20-11-13-26-23(29-20)27-18-9-7-17(25)8-10-18/h2-11,13,19,21H,12,14-15H2,1H3,(H,26,27,29)(H2,28,30,33). The Balaban J connectivity index is 1.34. The van der Waals surface area contributed by atoms with Crippen molar-refractivity contribution in [2.45, 2.75) is 18.5 Å². The number of urea groups is 1. The van der Waals surface area contributed by atoms with Crippen molar-refractivity contribution in [1.82, 2.24) is 20.6 Å². The summed E-state index contributed by atoms with van der Waals surface area (Å²) in [6, 6.07) is 15.2. The summed E-state index contributed by atoms with van der Waals surface area (Å²) in [5.41, 5.74) is 1.31. The summed E-state index contributed by atoms with van der Waals surface area (Å²) >= 11 is 0. The van der Waals surface area contributed by atoms with E-state index in [1.165, 1.54) is 19.2 Å². The zero-order chi connectivity index (χ0) is 23.9. The van der Waals surface area contributed by atoms with Gasteiger partial charge in [-0.2, -0.15) is 4.98 Å². The molecule has 3 aromatic rings. The maximum absolute atomic E-state index is 13.1. The molecule has 0 radical (unpaired) electrons. The average Bonchev–Trinajstić information content (AvgIpc) is 3.32. The molecule has 4 rings (SSSR count). The Kier molecular flexibility index (Phi) is 7.16. The fraction of sp³-hybridized carbons (Fsp3) is 0.250. The van der Waals surface area contributed by atoms with Crippen molar-refractivity contribution in [3.63, 3.8) is 0 Å². The van der Waals surface area contributed by atoms with Gasteiger partial charge in [0.2, 0.25) is 5.95 Å². The van der Waals surface area contributed by atoms with Crippen molar-refractivity contribution in [3.05, 3.63) is 78.2 Å². The second kappa shape index (κ2) is 10.6. The number of benzene rings is 2. The van der Waals surface area contributed by atoms with Gasteiger partial charge in [0, 0.05) is 31.0 Å². The van der Waals surface area contributed by atoms with Gasteiger partial charge < -0.3 is 25.6 Å². The zero-order valence-corrected chi connectivity index (χ0v) is 18.6. The van der Waals surface area contributed by atoms with Crippen molar-refractivity contribution < 1.29 is 18.7 Å². The summed E-state index contributed by atoms with van der Waals surface area (Å²) in [7, 11) is 1.29. The van der Waals surface area contributed by atoms with Crippen LogP contribution in [-0.4, -0.2) is 48.2 Å². The van der Waals surface area contributed by atoms with Crippen molar-refractivity contribution in [1.29, 1.82) is 0 Å². The van der Waals surface area contributed by atoms with Crippen LogP contribution in [0.3, 0.4) is 0 Å². The van der Waals surface area contributed by atoms with E-state index in [1.54, 1.807) is 48.7 Å². The lowest BCUT2D eigenvalue weighted by atomic mass is 10.1. The van der Waals surface area contributed by atoms with E-state index < -0.39 is 18.0 Å². The second-order valence-electron chi connectivity index (χ2n) is 7.79. The molecule has 0 saturated carbocycles. The minimum absolute atomic E-state index is 0.127. The largest absolute Gasteiger partial charge is 0.467 e. The fourth-order valence-electron chi connectivity index (χ4n) is 3.73. The Morgan fingerprint density at radius 3 is 2.62 bits per heavy atom. The van der Waals surface area contributed by atoms with Gasteiger partial charge in [-0.05, 0) is 42.3 Å². The molecule has 1 fully saturated rings. The van der Waals surface area contributed by atoms with Gasteiger partial charge in [0.05, 0.1) is 7.11 Å². The van der Waals surface area contributed by atoms with Crippen molar-refractivity contribution in [2.75, 3.05) is 30.4 Å². The topological polar surface area (TPSA) is 108 Å². The van der Waals surface area contributed by atoms with Gasteiger partial charge in [-0.25, -0.2) is 19.0 Å². The summed E-state index contributed by atoms with van der Waals surface area (Å²) in [6.07, 6.45) is 2.36. The Hall–Kier alpha value is -4.21. The third-order valence-electron chi connectivity index (χ3n) is 5.43. The molecule has 2 aromatic carbocycles. The number of rotatable bonds is 7. The van der Waals surface area contributed by atoms with E-state index in [9.17, 15) is 14.0 Å². The second-order valence-corrected chi connectivity index (χ2v) is 7.79. The normalized spacial score (nSPS) is 15.9. The predicted molar refractivity (Wildman–Crippen MR) is 125 cm³/mol. The van der Waals surface area contributed by atoms with Crippen LogP contribution in [0, 0.1) is 5.82 Å². The monoisotopic (exact) mass is 464 g/mol. The Morgan fingerprint density at radius 2 is 1.88 bits per heavy atom. The van der Waals surface area contributed by atoms with E-state index in [-0.39, 0.29) is 11.9 Å². The number of carbonyl (C=O) groups is 2. The van der Waals surface area contributed by atoms with E-state index in [0.717, 1.165) is 0 Å². The zero-order valence-electron chi connectivity index (χ0n) is 18.6. The molecule has 1 aromatic heterocycles. The van der Waals surface area contributed by atoms with Crippen LogP contribution in [0.15, 0.2) is 66.9 Å². The van der Waals surface area contributed by atoms with Crippen LogP contribution in [0.4, 0.5) is 26.6 Å². The number of esters is 1. The molecule has 34 heavy (non-hydrogen) atoms. The number of nitrogens with zero attached hydrogens (tertiary/aromatic N) is 3. The molecule has 1 aliphatic heterocycles. The van der Waals surface area contributed by atoms with Gasteiger partial charge in [-0.1, -0.05) is 30.3 Å². The first-order valence-electron chi connectivity index (χ1n) is 10.8. The average molecular weight is 465 g/mol. The lowest BCUT2D eigenvalue weighted by molar-refractivity contribution is -0.143. The minimum atomic E-state index is -0.898. The highest BCUT2D eigenvalue weighted by molar-refractivity contribution is 5.84. The Bertz CT molecular complexity index is 1130. The quantitative estimate of drug-likeness (QED) is 0.461. The number of anilines is 3. The highest BCUT2D eigenvalue weighted by Crippen LogP contribution is 2.21. The van der Waals surface area contributed by atoms with Crippen molar-refractivity contribution in [3.8, 4) is 0 Å². The molecule has 2 amide bonds. The molecule has 9 nitrogen and oxygen atoms in total. The maximum atomic E-state index is 13.1. The molecule has 2 atom stereocenters. The van der Waals surface area contributed by atoms with Crippen LogP contribution >= 0.6 is 0 Å². The number of carbonyl (C=O) groups excluding carboxylic acids is 2. The first kappa shape index (κ1) is 23.0. The van der Waals surface area contributed by atoms with Crippen LogP contribution in [0.2, 0.25) is 0 Å². The number of amides is 2. The third kappa shape index (κ3) is 5.77. The Morgan fingerprint density at radius 1 is 1.12 bits per heavy atom. The van der Waals surface area contributed by atoms with Crippen LogP contribution < -0.4 is 20.9 Å². The van der Waals surface area contributed by atoms with Gasteiger partial charge in [0.15, 0.2) is 6.04 Å². The molecule has 1 saturated heterocycles. The van der Waals surface area contributed by atoms with Crippen LogP contribution in [0.25, 0.3) is 0 Å². The number of hydrogen-bond donors (Lipinski definition) is 3. The molecule has 0 spiro atoms. The van der Waals surface area contributed by atoms with Gasteiger partial charge >= 0.3 is 12.0 Å². The van der Waals surface area contributed by atoms with Gasteiger partial charge in [0.1, 0.15) is 11.6 Å². The maximum Gasteiger partial charge on any atom is 0.333 e. The van der Waals surface area contributed by atoms with Crippen LogP contribution in [0.1, 0.15) is 18.0 Å². The number of methoxy groups -OCH3 is 1. The number of nitrogens with one attached hydrogen (secondary N) is 3. The predicted octanol–water partition coefficient (Wildman–Crippen LogP) is 3.15. The SMILES string of the molecule is COC(=O)C(NC(=O)NC1CCN(c2ccnc(Nc3ccc(F)cc3)n2)C1)c1ccccc1. The van der Waals surface area contributed by atoms with E-state index in [1.807, 2.05) is 11.0 Å². The first-order valence-corrected chi connectivity index (χ1v) is 10.8. The Labute approximate surface area is 196 Å². The molecule has 2 unspecified atom stereocenters. The van der Waals surface area contributed by atoms with E-state index >= 15 is 0 Å². The van der Waals surface area contributed by atoms with E-state index in [0.29, 0.717) is 42.5 Å². The molecule has 176 valence electrons. The summed E-state index contributed by atoms with van der Waals surface area (Å²) < 4.78 is 18.0. The van der Waals surface area contributed by atoms with E-state index in [4.69, 9.17) is 4.74 Å². The lowest BCUT2D eigenvalue weighted by Crippen LogP contribution is -2.46. The number of halogens is 1. The summed E-state index contributed by atoms with van der Waals surface area (Å²) in [5, 5.41) is 8.68. The molecule has 0 aliphatic carbocycles. The van der Waals surface area contributed by atoms with Gasteiger partial charge in [-0.15, -0.1) is 0 Å². The smallest absolute Gasteiger partial charge is 0.333 e. The molecule has 2 heterocycles. The number of aromatic nitrogens is 2. The van der Waals surface area contributed by atoms with Crippen molar-refractivity contribution >= 4 is 29.5 Å². The third-order valence-corrected chi connectivity index (χ3v) is 5.43. The molecule has 3 N–H and O–H groups in total.